The topological polar surface area (TPSA) is 75.5 Å². The monoisotopic (exact) mass is 572 g/mol. The SMILES string of the molecule is Cc1cc2c(N3CC4CC(=O)CC(C3)N4C(=O)/C=C/C(F)F)nc(=O)n3c2c(c1-c1ccc(F)cc1F)SCC3. The molecule has 0 N–H and O–H groups in total. The quantitative estimate of drug-likeness (QED) is 0.343. The normalized spacial score (nSPS) is 20.7. The van der Waals surface area contributed by atoms with Crippen LogP contribution in [-0.4, -0.2) is 63.5 Å². The summed E-state index contributed by atoms with van der Waals surface area (Å²) in [5.41, 5.74) is 1.67. The van der Waals surface area contributed by atoms with Crippen LogP contribution < -0.4 is 10.6 Å². The molecule has 12 heteroatoms. The number of nitrogens with zero attached hydrogens (tertiary/aromatic N) is 4. The van der Waals surface area contributed by atoms with Crippen LogP contribution in [0.5, 0.6) is 0 Å². The Morgan fingerprint density at radius 1 is 1.12 bits per heavy atom. The van der Waals surface area contributed by atoms with Gasteiger partial charge < -0.3 is 9.80 Å². The number of halogens is 4. The Morgan fingerprint density at radius 3 is 2.52 bits per heavy atom. The number of amides is 1. The van der Waals surface area contributed by atoms with Crippen LogP contribution in [0.1, 0.15) is 18.4 Å². The van der Waals surface area contributed by atoms with Gasteiger partial charge in [0, 0.05) is 71.8 Å². The second kappa shape index (κ2) is 10.1. The number of rotatable bonds is 4. The van der Waals surface area contributed by atoms with Crippen molar-refractivity contribution in [3.05, 3.63) is 64.1 Å². The number of aromatic nitrogens is 2. The van der Waals surface area contributed by atoms with Gasteiger partial charge in [0.25, 0.3) is 6.43 Å². The molecule has 2 atom stereocenters. The van der Waals surface area contributed by atoms with Gasteiger partial charge in [-0.1, -0.05) is 0 Å². The first-order chi connectivity index (χ1) is 19.1. The minimum Gasteiger partial charge on any atom is -0.352 e. The van der Waals surface area contributed by atoms with Crippen LogP contribution in [0.25, 0.3) is 22.0 Å². The van der Waals surface area contributed by atoms with Gasteiger partial charge in [-0.25, -0.2) is 22.4 Å². The summed E-state index contributed by atoms with van der Waals surface area (Å²) in [6, 6.07) is 4.14. The van der Waals surface area contributed by atoms with Crippen LogP contribution in [0.2, 0.25) is 0 Å². The number of anilines is 1. The third kappa shape index (κ3) is 4.47. The number of aryl methyl sites for hydroxylation is 2. The van der Waals surface area contributed by atoms with Gasteiger partial charge in [0.2, 0.25) is 5.91 Å². The van der Waals surface area contributed by atoms with E-state index in [4.69, 9.17) is 0 Å². The van der Waals surface area contributed by atoms with E-state index in [9.17, 15) is 31.9 Å². The fourth-order valence-corrected chi connectivity index (χ4v) is 7.39. The standard InChI is InChI=1S/C28H24F4N4O3S/c1-14-8-20-25-26(24(14)19-3-2-15(29)9-21(19)30)40-7-6-35(25)28(39)33-27(20)34-12-16-10-18(37)11-17(13-34)36(16)23(38)5-4-22(31)32/h2-5,8-9,16-17,22H,6-7,10-13H2,1H3/b5-4+. The fourth-order valence-electron chi connectivity index (χ4n) is 6.14. The highest BCUT2D eigenvalue weighted by atomic mass is 32.2. The zero-order valence-corrected chi connectivity index (χ0v) is 22.2. The summed E-state index contributed by atoms with van der Waals surface area (Å²) in [6.45, 7) is 2.62. The number of Topliss-reactive ketones (excluding diaryl/α,β-unsaturated/α-hetero) is 1. The van der Waals surface area contributed by atoms with Crippen LogP contribution in [0, 0.1) is 18.6 Å². The van der Waals surface area contributed by atoms with E-state index in [0.717, 1.165) is 17.7 Å². The summed E-state index contributed by atoms with van der Waals surface area (Å²) < 4.78 is 55.5. The maximum Gasteiger partial charge on any atom is 0.350 e. The molecule has 2 aromatic carbocycles. The molecule has 2 fully saturated rings. The van der Waals surface area contributed by atoms with Gasteiger partial charge in [-0.15, -0.1) is 11.8 Å². The Morgan fingerprint density at radius 2 is 1.85 bits per heavy atom. The van der Waals surface area contributed by atoms with Gasteiger partial charge in [0.15, 0.2) is 0 Å². The van der Waals surface area contributed by atoms with Gasteiger partial charge >= 0.3 is 5.69 Å². The Kier molecular flexibility index (Phi) is 6.68. The summed E-state index contributed by atoms with van der Waals surface area (Å²) in [7, 11) is 0. The molecule has 2 bridgehead atoms. The molecule has 7 nitrogen and oxygen atoms in total. The molecule has 1 aromatic heterocycles. The number of piperazine rings is 1. The minimum absolute atomic E-state index is 0.0142. The van der Waals surface area contributed by atoms with Crippen LogP contribution in [-0.2, 0) is 16.1 Å². The Bertz CT molecular complexity index is 1640. The number of hydrogen-bond acceptors (Lipinski definition) is 6. The second-order valence-corrected chi connectivity index (χ2v) is 11.3. The number of allylic oxidation sites excluding steroid dienone is 1. The lowest BCUT2D eigenvalue weighted by Crippen LogP contribution is -2.64. The van der Waals surface area contributed by atoms with Crippen molar-refractivity contribution in [2.24, 2.45) is 0 Å². The molecular formula is C28H24F4N4O3S. The lowest BCUT2D eigenvalue weighted by atomic mass is 9.89. The molecule has 0 aliphatic carbocycles. The molecule has 0 saturated carbocycles. The predicted octanol–water partition coefficient (Wildman–Crippen LogP) is 4.33. The van der Waals surface area contributed by atoms with Gasteiger partial charge in [-0.3, -0.25) is 14.2 Å². The Hall–Kier alpha value is -3.67. The van der Waals surface area contributed by atoms with Crippen molar-refractivity contribution in [1.82, 2.24) is 14.5 Å². The van der Waals surface area contributed by atoms with E-state index in [-0.39, 0.29) is 37.3 Å². The molecule has 3 aromatic rings. The lowest BCUT2D eigenvalue weighted by Gasteiger charge is -2.49. The summed E-state index contributed by atoms with van der Waals surface area (Å²) >= 11 is 1.49. The van der Waals surface area contributed by atoms with Crippen molar-refractivity contribution in [2.45, 2.75) is 49.7 Å². The largest absolute Gasteiger partial charge is 0.352 e. The third-order valence-electron chi connectivity index (χ3n) is 7.67. The van der Waals surface area contributed by atoms with Crippen molar-refractivity contribution in [1.29, 1.82) is 0 Å². The highest BCUT2D eigenvalue weighted by molar-refractivity contribution is 7.99. The van der Waals surface area contributed by atoms with Gasteiger partial charge in [-0.2, -0.15) is 4.98 Å². The number of thioether (sulfide) groups is 1. The Balaban J connectivity index is 1.47. The molecule has 6 rings (SSSR count). The summed E-state index contributed by atoms with van der Waals surface area (Å²) in [5.74, 6) is -1.01. The highest BCUT2D eigenvalue weighted by Crippen LogP contribution is 2.44. The van der Waals surface area contributed by atoms with Crippen molar-refractivity contribution in [2.75, 3.05) is 23.7 Å². The minimum atomic E-state index is -2.77. The maximum atomic E-state index is 14.9. The number of ketones is 1. The average molecular weight is 573 g/mol. The van der Waals surface area contributed by atoms with E-state index in [1.54, 1.807) is 4.57 Å². The molecule has 1 amide bonds. The molecule has 2 unspecified atom stereocenters. The molecule has 0 spiro atoms. The number of fused-ring (bicyclic) bond motifs is 2. The van der Waals surface area contributed by atoms with E-state index in [1.165, 1.54) is 28.8 Å². The summed E-state index contributed by atoms with van der Waals surface area (Å²) in [4.78, 5) is 46.9. The first kappa shape index (κ1) is 26.5. The van der Waals surface area contributed by atoms with Gasteiger partial charge in [0.05, 0.1) is 17.6 Å². The summed E-state index contributed by atoms with van der Waals surface area (Å²) in [6.07, 6.45) is -1.24. The third-order valence-corrected chi connectivity index (χ3v) is 8.74. The first-order valence-electron chi connectivity index (χ1n) is 12.8. The van der Waals surface area contributed by atoms with Gasteiger partial charge in [0.1, 0.15) is 23.2 Å². The zero-order chi connectivity index (χ0) is 28.3. The number of alkyl halides is 2. The second-order valence-electron chi connectivity index (χ2n) is 10.2. The average Bonchev–Trinajstić information content (AvgIpc) is 2.89. The van der Waals surface area contributed by atoms with E-state index in [2.05, 4.69) is 4.98 Å². The highest BCUT2D eigenvalue weighted by Gasteiger charge is 2.43. The molecule has 0 radical (unpaired) electrons. The van der Waals surface area contributed by atoms with E-state index >= 15 is 0 Å². The molecule has 3 aliphatic heterocycles. The fraction of sp³-hybridized carbons (Fsp3) is 0.357. The van der Waals surface area contributed by atoms with Crippen LogP contribution in [0.4, 0.5) is 23.4 Å². The number of hydrogen-bond donors (Lipinski definition) is 0. The maximum absolute atomic E-state index is 14.9. The lowest BCUT2D eigenvalue weighted by molar-refractivity contribution is -0.138. The van der Waals surface area contributed by atoms with Crippen molar-refractivity contribution in [3.8, 4) is 11.1 Å². The number of piperidine rings is 1. The predicted molar refractivity (Wildman–Crippen MR) is 143 cm³/mol. The van der Waals surface area contributed by atoms with Crippen LogP contribution in [0.15, 0.2) is 46.1 Å². The van der Waals surface area contributed by atoms with E-state index in [0.29, 0.717) is 45.6 Å². The van der Waals surface area contributed by atoms with Crippen LogP contribution in [0.3, 0.4) is 0 Å². The van der Waals surface area contributed by atoms with Crippen molar-refractivity contribution in [3.63, 3.8) is 0 Å². The molecule has 40 heavy (non-hydrogen) atoms. The van der Waals surface area contributed by atoms with E-state index < -0.39 is 41.7 Å². The smallest absolute Gasteiger partial charge is 0.350 e. The van der Waals surface area contributed by atoms with Gasteiger partial charge in [-0.05, 0) is 36.8 Å². The molecule has 4 heterocycles. The molecule has 2 saturated heterocycles. The number of carbonyl (C=O) groups excluding carboxylic acids is 2. The van der Waals surface area contributed by atoms with Crippen molar-refractivity contribution < 1.29 is 27.2 Å². The molecule has 3 aliphatic rings. The zero-order valence-electron chi connectivity index (χ0n) is 21.4. The first-order valence-corrected chi connectivity index (χ1v) is 13.8. The van der Waals surface area contributed by atoms with Crippen LogP contribution >= 0.6 is 11.8 Å². The van der Waals surface area contributed by atoms with E-state index in [1.807, 2.05) is 17.9 Å². The Labute approximate surface area is 230 Å². The molecular weight excluding hydrogens is 548 g/mol. The molecule has 208 valence electrons. The summed E-state index contributed by atoms with van der Waals surface area (Å²) in [5, 5.41) is 0.673. The number of carbonyl (C=O) groups is 2. The number of benzene rings is 2. The van der Waals surface area contributed by atoms with Crippen molar-refractivity contribution >= 4 is 40.2 Å².